The Balaban J connectivity index is 0.00000133. The smallest absolute Gasteiger partial charge is 0.226 e. The Morgan fingerprint density at radius 2 is 1.58 bits per heavy atom. The average molecular weight is 287 g/mol. The first-order chi connectivity index (χ1) is 8.82. The standard InChI is InChI=1S/C15H26N2O.ClH/c18-14(17-10-4-2-1-3-5-11-17)13-12-15(13)6-8-16-9-7-15;/h13,16H,1-12H2;1H. The molecule has 3 fully saturated rings. The van der Waals surface area contributed by atoms with Crippen LogP contribution in [0.5, 0.6) is 0 Å². The highest BCUT2D eigenvalue weighted by molar-refractivity contribution is 5.85. The number of halogens is 1. The molecule has 0 aromatic heterocycles. The van der Waals surface area contributed by atoms with Crippen LogP contribution >= 0.6 is 12.4 Å². The third-order valence-corrected chi connectivity index (χ3v) is 5.25. The van der Waals surface area contributed by atoms with Crippen molar-refractivity contribution >= 4 is 18.3 Å². The van der Waals surface area contributed by atoms with Crippen LogP contribution in [0.4, 0.5) is 0 Å². The van der Waals surface area contributed by atoms with Crippen molar-refractivity contribution < 1.29 is 4.79 Å². The number of hydrogen-bond acceptors (Lipinski definition) is 2. The molecule has 1 amide bonds. The molecule has 2 heterocycles. The third kappa shape index (κ3) is 3.25. The minimum absolute atomic E-state index is 0. The highest BCUT2D eigenvalue weighted by Crippen LogP contribution is 2.59. The predicted molar refractivity (Wildman–Crippen MR) is 79.6 cm³/mol. The fourth-order valence-corrected chi connectivity index (χ4v) is 3.86. The molecule has 0 radical (unpaired) electrons. The van der Waals surface area contributed by atoms with Gasteiger partial charge in [-0.2, -0.15) is 0 Å². The summed E-state index contributed by atoms with van der Waals surface area (Å²) in [4.78, 5) is 14.8. The average Bonchev–Trinajstić information content (AvgIpc) is 3.03. The Bertz CT molecular complexity index is 301. The summed E-state index contributed by atoms with van der Waals surface area (Å²) >= 11 is 0. The van der Waals surface area contributed by atoms with Gasteiger partial charge in [-0.3, -0.25) is 4.79 Å². The summed E-state index contributed by atoms with van der Waals surface area (Å²) in [5, 5.41) is 3.41. The van der Waals surface area contributed by atoms with Gasteiger partial charge < -0.3 is 10.2 Å². The lowest BCUT2D eigenvalue weighted by Gasteiger charge is -2.28. The Kier molecular flexibility index (Phi) is 5.13. The summed E-state index contributed by atoms with van der Waals surface area (Å²) in [6.07, 6.45) is 10.0. The van der Waals surface area contributed by atoms with Crippen LogP contribution in [0.1, 0.15) is 51.4 Å². The van der Waals surface area contributed by atoms with Gasteiger partial charge in [0.2, 0.25) is 5.91 Å². The Morgan fingerprint density at radius 1 is 1.00 bits per heavy atom. The molecule has 19 heavy (non-hydrogen) atoms. The molecule has 1 atom stereocenters. The number of amides is 1. The molecule has 110 valence electrons. The van der Waals surface area contributed by atoms with Gasteiger partial charge in [-0.25, -0.2) is 0 Å². The van der Waals surface area contributed by atoms with E-state index in [9.17, 15) is 4.79 Å². The summed E-state index contributed by atoms with van der Waals surface area (Å²) in [6.45, 7) is 4.26. The molecule has 1 spiro atoms. The number of nitrogens with zero attached hydrogens (tertiary/aromatic N) is 1. The van der Waals surface area contributed by atoms with Crippen molar-refractivity contribution in [2.45, 2.75) is 51.4 Å². The van der Waals surface area contributed by atoms with Crippen LogP contribution in [-0.2, 0) is 4.79 Å². The Hall–Kier alpha value is -0.280. The van der Waals surface area contributed by atoms with Crippen LogP contribution < -0.4 is 5.32 Å². The summed E-state index contributed by atoms with van der Waals surface area (Å²) in [5.41, 5.74) is 0.407. The molecule has 1 unspecified atom stereocenters. The second kappa shape index (κ2) is 6.45. The maximum atomic E-state index is 12.6. The molecule has 3 rings (SSSR count). The number of piperidine rings is 1. The molecular formula is C15H27ClN2O. The molecule has 1 aliphatic carbocycles. The van der Waals surface area contributed by atoms with Gasteiger partial charge >= 0.3 is 0 Å². The van der Waals surface area contributed by atoms with E-state index in [1.54, 1.807) is 0 Å². The van der Waals surface area contributed by atoms with E-state index in [4.69, 9.17) is 0 Å². The van der Waals surface area contributed by atoms with E-state index in [2.05, 4.69) is 10.2 Å². The van der Waals surface area contributed by atoms with Crippen molar-refractivity contribution in [2.75, 3.05) is 26.2 Å². The number of likely N-dealkylation sites (tertiary alicyclic amines) is 1. The van der Waals surface area contributed by atoms with E-state index < -0.39 is 0 Å². The van der Waals surface area contributed by atoms with E-state index in [0.717, 1.165) is 26.2 Å². The fourth-order valence-electron chi connectivity index (χ4n) is 3.86. The molecule has 0 bridgehead atoms. The van der Waals surface area contributed by atoms with Gasteiger partial charge in [0, 0.05) is 19.0 Å². The van der Waals surface area contributed by atoms with Crippen LogP contribution in [0.25, 0.3) is 0 Å². The van der Waals surface area contributed by atoms with Crippen molar-refractivity contribution in [3.05, 3.63) is 0 Å². The van der Waals surface area contributed by atoms with Crippen LogP contribution in [0.2, 0.25) is 0 Å². The zero-order valence-electron chi connectivity index (χ0n) is 11.8. The largest absolute Gasteiger partial charge is 0.342 e. The fraction of sp³-hybridized carbons (Fsp3) is 0.933. The summed E-state index contributed by atoms with van der Waals surface area (Å²) in [7, 11) is 0. The lowest BCUT2D eigenvalue weighted by molar-refractivity contribution is -0.134. The van der Waals surface area contributed by atoms with E-state index in [1.807, 2.05) is 0 Å². The molecule has 2 saturated heterocycles. The van der Waals surface area contributed by atoms with Gasteiger partial charge in [0.1, 0.15) is 0 Å². The minimum Gasteiger partial charge on any atom is -0.342 e. The van der Waals surface area contributed by atoms with Gasteiger partial charge in [-0.05, 0) is 50.6 Å². The number of carbonyl (C=O) groups is 1. The van der Waals surface area contributed by atoms with Crippen molar-refractivity contribution in [2.24, 2.45) is 11.3 Å². The topological polar surface area (TPSA) is 32.3 Å². The Labute approximate surface area is 122 Å². The van der Waals surface area contributed by atoms with E-state index in [1.165, 1.54) is 51.4 Å². The van der Waals surface area contributed by atoms with E-state index >= 15 is 0 Å². The van der Waals surface area contributed by atoms with Crippen LogP contribution in [0.15, 0.2) is 0 Å². The quantitative estimate of drug-likeness (QED) is 0.804. The number of carbonyl (C=O) groups excluding carboxylic acids is 1. The SMILES string of the molecule is Cl.O=C(C1CC12CCNCC2)N1CCCCCCC1. The normalized spacial score (nSPS) is 30.1. The minimum atomic E-state index is 0. The molecular weight excluding hydrogens is 260 g/mol. The van der Waals surface area contributed by atoms with Gasteiger partial charge in [0.15, 0.2) is 0 Å². The first-order valence-corrected chi connectivity index (χ1v) is 7.81. The zero-order chi connectivity index (χ0) is 12.4. The maximum absolute atomic E-state index is 12.6. The van der Waals surface area contributed by atoms with Crippen molar-refractivity contribution in [1.29, 1.82) is 0 Å². The van der Waals surface area contributed by atoms with Crippen molar-refractivity contribution in [3.63, 3.8) is 0 Å². The van der Waals surface area contributed by atoms with E-state index in [0.29, 0.717) is 17.2 Å². The Morgan fingerprint density at radius 3 is 2.21 bits per heavy atom. The zero-order valence-corrected chi connectivity index (χ0v) is 12.6. The highest BCUT2D eigenvalue weighted by Gasteiger charge is 2.58. The molecule has 1 saturated carbocycles. The number of hydrogen-bond donors (Lipinski definition) is 1. The molecule has 3 aliphatic rings. The lowest BCUT2D eigenvalue weighted by Crippen LogP contribution is -2.38. The third-order valence-electron chi connectivity index (χ3n) is 5.25. The van der Waals surface area contributed by atoms with Crippen LogP contribution in [-0.4, -0.2) is 37.0 Å². The van der Waals surface area contributed by atoms with Crippen molar-refractivity contribution in [1.82, 2.24) is 10.2 Å². The maximum Gasteiger partial charge on any atom is 0.226 e. The molecule has 3 nitrogen and oxygen atoms in total. The summed E-state index contributed by atoms with van der Waals surface area (Å²) < 4.78 is 0. The number of rotatable bonds is 1. The molecule has 4 heteroatoms. The molecule has 0 aromatic rings. The monoisotopic (exact) mass is 286 g/mol. The second-order valence-corrected chi connectivity index (χ2v) is 6.46. The van der Waals surface area contributed by atoms with Crippen molar-refractivity contribution in [3.8, 4) is 0 Å². The van der Waals surface area contributed by atoms with Gasteiger partial charge in [-0.1, -0.05) is 19.3 Å². The van der Waals surface area contributed by atoms with Crippen LogP contribution in [0.3, 0.4) is 0 Å². The highest BCUT2D eigenvalue weighted by atomic mass is 35.5. The van der Waals surface area contributed by atoms with Gasteiger partial charge in [0.25, 0.3) is 0 Å². The summed E-state index contributed by atoms with van der Waals surface area (Å²) in [5.74, 6) is 0.859. The predicted octanol–water partition coefficient (Wildman–Crippen LogP) is 2.59. The molecule has 2 aliphatic heterocycles. The van der Waals surface area contributed by atoms with Crippen LogP contribution in [0, 0.1) is 11.3 Å². The molecule has 0 aromatic carbocycles. The summed E-state index contributed by atoms with van der Waals surface area (Å²) in [6, 6.07) is 0. The lowest BCUT2D eigenvalue weighted by atomic mass is 9.91. The van der Waals surface area contributed by atoms with Gasteiger partial charge in [0.05, 0.1) is 0 Å². The first kappa shape index (κ1) is 15.1. The van der Waals surface area contributed by atoms with Gasteiger partial charge in [-0.15, -0.1) is 12.4 Å². The number of nitrogens with one attached hydrogen (secondary N) is 1. The van der Waals surface area contributed by atoms with E-state index in [-0.39, 0.29) is 12.4 Å². The second-order valence-electron chi connectivity index (χ2n) is 6.46. The first-order valence-electron chi connectivity index (χ1n) is 7.81. The molecule has 1 N–H and O–H groups in total.